The number of carbonyl (C=O) groups excluding carboxylic acids is 1. The van der Waals surface area contributed by atoms with Crippen LogP contribution in [0.25, 0.3) is 0 Å². The molecule has 0 spiro atoms. The zero-order chi connectivity index (χ0) is 12.3. The van der Waals surface area contributed by atoms with E-state index in [4.69, 9.17) is 0 Å². The highest BCUT2D eigenvalue weighted by molar-refractivity contribution is 5.68. The Kier molecular flexibility index (Phi) is 3.41. The monoisotopic (exact) mass is 239 g/mol. The molecule has 17 heavy (non-hydrogen) atoms. The third kappa shape index (κ3) is 2.83. The van der Waals surface area contributed by atoms with Crippen molar-refractivity contribution in [1.82, 2.24) is 9.88 Å². The number of nitrogens with zero attached hydrogens (tertiary/aromatic N) is 2. The van der Waals surface area contributed by atoms with Gasteiger partial charge in [0.2, 0.25) is 5.95 Å². The summed E-state index contributed by atoms with van der Waals surface area (Å²) in [6.07, 6.45) is 0.467. The number of anilines is 1. The number of amides is 1. The second-order valence-corrected chi connectivity index (χ2v) is 3.89. The molecule has 1 aromatic rings. The lowest BCUT2D eigenvalue weighted by Gasteiger charge is -2.15. The van der Waals surface area contributed by atoms with Crippen LogP contribution in [0.3, 0.4) is 0 Å². The molecular formula is C11H14FN3O2. The molecule has 2 heterocycles. The summed E-state index contributed by atoms with van der Waals surface area (Å²) in [5.41, 5.74) is 0. The molecule has 1 aromatic heterocycles. The van der Waals surface area contributed by atoms with Crippen molar-refractivity contribution in [3.8, 4) is 0 Å². The molecule has 0 aliphatic carbocycles. The van der Waals surface area contributed by atoms with Crippen LogP contribution in [0.4, 0.5) is 15.0 Å². The highest BCUT2D eigenvalue weighted by Gasteiger charge is 2.26. The van der Waals surface area contributed by atoms with Crippen LogP contribution in [0.2, 0.25) is 0 Å². The molecule has 0 saturated carbocycles. The lowest BCUT2D eigenvalue weighted by molar-refractivity contribution is 0.133. The maximum Gasteiger partial charge on any atom is 0.409 e. The molecule has 6 heteroatoms. The standard InChI is InChI=1S/C11H14FN3O2/c1-17-11(16)15-6-5-8(7-15)13-10-4-2-3-9(12)14-10/h2-4,8H,5-7H2,1H3,(H,13,14)/t8-/m0/s1. The summed E-state index contributed by atoms with van der Waals surface area (Å²) in [4.78, 5) is 16.6. The van der Waals surface area contributed by atoms with E-state index >= 15 is 0 Å². The fraction of sp³-hybridized carbons (Fsp3) is 0.455. The summed E-state index contributed by atoms with van der Waals surface area (Å²) in [7, 11) is 1.36. The largest absolute Gasteiger partial charge is 0.453 e. The van der Waals surface area contributed by atoms with Crippen LogP contribution in [0, 0.1) is 5.95 Å². The van der Waals surface area contributed by atoms with Crippen LogP contribution < -0.4 is 5.32 Å². The van der Waals surface area contributed by atoms with Crippen LogP contribution in [-0.4, -0.2) is 42.2 Å². The second kappa shape index (κ2) is 4.99. The van der Waals surface area contributed by atoms with Gasteiger partial charge in [0, 0.05) is 19.1 Å². The molecular weight excluding hydrogens is 225 g/mol. The van der Waals surface area contributed by atoms with Gasteiger partial charge in [-0.1, -0.05) is 6.07 Å². The van der Waals surface area contributed by atoms with Crippen molar-refractivity contribution < 1.29 is 13.9 Å². The zero-order valence-electron chi connectivity index (χ0n) is 9.52. The van der Waals surface area contributed by atoms with Crippen molar-refractivity contribution in [2.45, 2.75) is 12.5 Å². The Labute approximate surface area is 98.6 Å². The van der Waals surface area contributed by atoms with E-state index in [1.165, 1.54) is 13.2 Å². The number of pyridine rings is 1. The number of nitrogens with one attached hydrogen (secondary N) is 1. The second-order valence-electron chi connectivity index (χ2n) is 3.89. The van der Waals surface area contributed by atoms with E-state index in [2.05, 4.69) is 15.0 Å². The van der Waals surface area contributed by atoms with E-state index in [0.717, 1.165) is 6.42 Å². The van der Waals surface area contributed by atoms with Crippen molar-refractivity contribution in [2.24, 2.45) is 0 Å². The topological polar surface area (TPSA) is 54.5 Å². The average molecular weight is 239 g/mol. The Bertz CT molecular complexity index is 413. The molecule has 1 atom stereocenters. The van der Waals surface area contributed by atoms with Crippen molar-refractivity contribution in [2.75, 3.05) is 25.5 Å². The quantitative estimate of drug-likeness (QED) is 0.794. The Morgan fingerprint density at radius 2 is 2.47 bits per heavy atom. The van der Waals surface area contributed by atoms with Gasteiger partial charge in [0.1, 0.15) is 5.82 Å². The van der Waals surface area contributed by atoms with Gasteiger partial charge in [0.05, 0.1) is 7.11 Å². The summed E-state index contributed by atoms with van der Waals surface area (Å²) in [5, 5.41) is 3.09. The van der Waals surface area contributed by atoms with Crippen molar-refractivity contribution >= 4 is 11.9 Å². The minimum Gasteiger partial charge on any atom is -0.453 e. The van der Waals surface area contributed by atoms with E-state index in [-0.39, 0.29) is 12.1 Å². The average Bonchev–Trinajstić information content (AvgIpc) is 2.76. The van der Waals surface area contributed by atoms with Gasteiger partial charge in [-0.15, -0.1) is 0 Å². The molecule has 1 fully saturated rings. The van der Waals surface area contributed by atoms with Crippen LogP contribution in [0.5, 0.6) is 0 Å². The van der Waals surface area contributed by atoms with Crippen molar-refractivity contribution in [3.05, 3.63) is 24.1 Å². The predicted molar refractivity (Wildman–Crippen MR) is 60.2 cm³/mol. The number of hydrogen-bond acceptors (Lipinski definition) is 4. The number of methoxy groups -OCH3 is 1. The summed E-state index contributed by atoms with van der Waals surface area (Å²) in [5.74, 6) is -0.0282. The third-order valence-corrected chi connectivity index (χ3v) is 2.69. The molecule has 0 bridgehead atoms. The maximum atomic E-state index is 12.9. The first-order valence-corrected chi connectivity index (χ1v) is 5.41. The molecule has 2 rings (SSSR count). The van der Waals surface area contributed by atoms with Gasteiger partial charge in [-0.25, -0.2) is 9.78 Å². The number of likely N-dealkylation sites (tertiary alicyclic amines) is 1. The predicted octanol–water partition coefficient (Wildman–Crippen LogP) is 1.47. The summed E-state index contributed by atoms with van der Waals surface area (Å²) in [6, 6.07) is 4.67. The summed E-state index contributed by atoms with van der Waals surface area (Å²) in [6.45, 7) is 1.19. The zero-order valence-corrected chi connectivity index (χ0v) is 9.52. The van der Waals surface area contributed by atoms with Crippen molar-refractivity contribution in [3.63, 3.8) is 0 Å². The highest BCUT2D eigenvalue weighted by atomic mass is 19.1. The molecule has 1 N–H and O–H groups in total. The number of halogens is 1. The normalized spacial score (nSPS) is 19.2. The van der Waals surface area contributed by atoms with Crippen LogP contribution in [0.1, 0.15) is 6.42 Å². The fourth-order valence-electron chi connectivity index (χ4n) is 1.87. The molecule has 92 valence electrons. The van der Waals surface area contributed by atoms with Gasteiger partial charge in [-0.05, 0) is 18.6 Å². The fourth-order valence-corrected chi connectivity index (χ4v) is 1.87. The number of aromatic nitrogens is 1. The van der Waals surface area contributed by atoms with Gasteiger partial charge in [0.25, 0.3) is 0 Å². The highest BCUT2D eigenvalue weighted by Crippen LogP contribution is 2.15. The van der Waals surface area contributed by atoms with Gasteiger partial charge in [0.15, 0.2) is 0 Å². The summed E-state index contributed by atoms with van der Waals surface area (Å²) >= 11 is 0. The summed E-state index contributed by atoms with van der Waals surface area (Å²) < 4.78 is 17.5. The van der Waals surface area contributed by atoms with E-state index < -0.39 is 5.95 Å². The SMILES string of the molecule is COC(=O)N1CC[C@H](Nc2cccc(F)n2)C1. The first-order valence-electron chi connectivity index (χ1n) is 5.41. The third-order valence-electron chi connectivity index (χ3n) is 2.69. The van der Waals surface area contributed by atoms with Gasteiger partial charge >= 0.3 is 6.09 Å². The smallest absolute Gasteiger partial charge is 0.409 e. The molecule has 1 saturated heterocycles. The Hall–Kier alpha value is -1.85. The van der Waals surface area contributed by atoms with Crippen LogP contribution in [-0.2, 0) is 4.74 Å². The number of rotatable bonds is 2. The molecule has 0 unspecified atom stereocenters. The molecule has 1 amide bonds. The Balaban J connectivity index is 1.92. The van der Waals surface area contributed by atoms with Gasteiger partial charge in [-0.3, -0.25) is 0 Å². The number of carbonyl (C=O) groups is 1. The van der Waals surface area contributed by atoms with Crippen LogP contribution >= 0.6 is 0 Å². The van der Waals surface area contributed by atoms with Gasteiger partial charge in [-0.2, -0.15) is 4.39 Å². The van der Waals surface area contributed by atoms with Crippen LogP contribution in [0.15, 0.2) is 18.2 Å². The molecule has 5 nitrogen and oxygen atoms in total. The minimum atomic E-state index is -0.516. The minimum absolute atomic E-state index is 0.0865. The number of hydrogen-bond donors (Lipinski definition) is 1. The van der Waals surface area contributed by atoms with E-state index in [0.29, 0.717) is 18.9 Å². The first-order chi connectivity index (χ1) is 8.19. The van der Waals surface area contributed by atoms with E-state index in [9.17, 15) is 9.18 Å². The lowest BCUT2D eigenvalue weighted by atomic mass is 10.2. The van der Waals surface area contributed by atoms with E-state index in [1.54, 1.807) is 17.0 Å². The molecule has 1 aliphatic rings. The lowest BCUT2D eigenvalue weighted by Crippen LogP contribution is -2.31. The Morgan fingerprint density at radius 1 is 1.65 bits per heavy atom. The maximum absolute atomic E-state index is 12.9. The van der Waals surface area contributed by atoms with E-state index in [1.807, 2.05) is 0 Å². The van der Waals surface area contributed by atoms with Crippen molar-refractivity contribution in [1.29, 1.82) is 0 Å². The Morgan fingerprint density at radius 3 is 3.18 bits per heavy atom. The molecule has 0 radical (unpaired) electrons. The number of ether oxygens (including phenoxy) is 1. The first kappa shape index (κ1) is 11.6. The molecule has 1 aliphatic heterocycles. The molecule has 0 aromatic carbocycles. The van der Waals surface area contributed by atoms with Gasteiger partial charge < -0.3 is 15.0 Å².